The first-order valence-corrected chi connectivity index (χ1v) is 15.1. The van der Waals surface area contributed by atoms with E-state index in [-0.39, 0.29) is 12.1 Å². The third-order valence-corrected chi connectivity index (χ3v) is 8.52. The molecule has 210 valence electrons. The van der Waals surface area contributed by atoms with E-state index in [1.807, 2.05) is 43.5 Å². The number of aromatic amines is 1. The molecular weight excluding hydrogens is 541 g/mol. The van der Waals surface area contributed by atoms with Gasteiger partial charge in [-0.3, -0.25) is 15.1 Å². The van der Waals surface area contributed by atoms with Gasteiger partial charge < -0.3 is 10.5 Å². The monoisotopic (exact) mass is 577 g/mol. The summed E-state index contributed by atoms with van der Waals surface area (Å²) in [7, 11) is 0. The number of hydrogen-bond acceptors (Lipinski definition) is 5. The molecule has 3 heterocycles. The molecule has 0 aliphatic heterocycles. The second-order valence-electron chi connectivity index (χ2n) is 10.8. The number of rotatable bonds is 7. The van der Waals surface area contributed by atoms with Crippen molar-refractivity contribution in [3.8, 4) is 5.75 Å². The molecule has 8 heteroatoms. The molecule has 1 saturated carbocycles. The third-order valence-electron chi connectivity index (χ3n) is 7.92. The minimum Gasteiger partial charge on any atom is -0.486 e. The Kier molecular flexibility index (Phi) is 9.74. The average Bonchev–Trinajstić information content (AvgIpc) is 3.36. The van der Waals surface area contributed by atoms with E-state index in [1.165, 1.54) is 57.8 Å². The van der Waals surface area contributed by atoms with E-state index >= 15 is 0 Å². The van der Waals surface area contributed by atoms with Gasteiger partial charge in [-0.15, -0.1) is 0 Å². The van der Waals surface area contributed by atoms with Crippen LogP contribution in [0.3, 0.4) is 0 Å². The number of pyridine rings is 2. The molecule has 1 fully saturated rings. The molecule has 3 aromatic heterocycles. The van der Waals surface area contributed by atoms with Crippen LogP contribution in [0.25, 0.3) is 23.1 Å². The molecule has 1 unspecified atom stereocenters. The number of ether oxygens (including phenoxy) is 1. The lowest BCUT2D eigenvalue weighted by atomic mass is 9.85. The van der Waals surface area contributed by atoms with E-state index in [0.717, 1.165) is 27.9 Å². The van der Waals surface area contributed by atoms with Crippen LogP contribution in [0.1, 0.15) is 99.4 Å². The number of nitrogens with two attached hydrogens (primary N) is 1. The van der Waals surface area contributed by atoms with Crippen LogP contribution in [0.4, 0.5) is 0 Å². The van der Waals surface area contributed by atoms with Gasteiger partial charge in [0, 0.05) is 35.6 Å². The number of halogens is 2. The van der Waals surface area contributed by atoms with Crippen molar-refractivity contribution in [1.29, 1.82) is 0 Å². The molecule has 0 saturated heterocycles. The van der Waals surface area contributed by atoms with Gasteiger partial charge in [0.05, 0.1) is 26.9 Å². The van der Waals surface area contributed by atoms with E-state index in [0.29, 0.717) is 27.3 Å². The van der Waals surface area contributed by atoms with Gasteiger partial charge in [0.25, 0.3) is 0 Å². The van der Waals surface area contributed by atoms with Gasteiger partial charge in [0.15, 0.2) is 0 Å². The first-order valence-electron chi connectivity index (χ1n) is 14.3. The molecule has 1 aliphatic carbocycles. The van der Waals surface area contributed by atoms with E-state index in [4.69, 9.17) is 38.7 Å². The summed E-state index contributed by atoms with van der Waals surface area (Å²) in [6.07, 6.45) is 20.4. The molecule has 1 aliphatic rings. The highest BCUT2D eigenvalue weighted by molar-refractivity contribution is 6.35. The molecule has 2 atom stereocenters. The molecule has 3 N–H and O–H groups in total. The van der Waals surface area contributed by atoms with Crippen LogP contribution in [0.5, 0.6) is 5.75 Å². The van der Waals surface area contributed by atoms with Gasteiger partial charge in [0.2, 0.25) is 0 Å². The summed E-state index contributed by atoms with van der Waals surface area (Å²) in [5, 5.41) is 9.50. The fourth-order valence-corrected chi connectivity index (χ4v) is 6.29. The van der Waals surface area contributed by atoms with Crippen molar-refractivity contribution in [2.75, 3.05) is 0 Å². The normalized spacial score (nSPS) is 17.2. The molecule has 0 amide bonds. The lowest BCUT2D eigenvalue weighted by Gasteiger charge is -2.24. The smallest absolute Gasteiger partial charge is 0.124 e. The Labute approximate surface area is 246 Å². The van der Waals surface area contributed by atoms with Gasteiger partial charge in [-0.1, -0.05) is 80.3 Å². The average molecular weight is 579 g/mol. The van der Waals surface area contributed by atoms with Crippen LogP contribution in [0.2, 0.25) is 10.0 Å². The number of hydrogen-bond donors (Lipinski definition) is 2. The van der Waals surface area contributed by atoms with E-state index in [1.54, 1.807) is 12.4 Å². The van der Waals surface area contributed by atoms with Crippen LogP contribution in [0, 0.1) is 5.92 Å². The minimum absolute atomic E-state index is 0.00883. The fraction of sp³-hybridized carbons (Fsp3) is 0.406. The third kappa shape index (κ3) is 7.03. The fourth-order valence-electron chi connectivity index (χ4n) is 5.62. The van der Waals surface area contributed by atoms with Crippen molar-refractivity contribution in [3.05, 3.63) is 81.5 Å². The summed E-state index contributed by atoms with van der Waals surface area (Å²) < 4.78 is 6.19. The maximum absolute atomic E-state index is 6.72. The first-order chi connectivity index (χ1) is 19.5. The minimum atomic E-state index is -0.348. The van der Waals surface area contributed by atoms with Crippen LogP contribution in [0.15, 0.2) is 48.9 Å². The Morgan fingerprint density at radius 2 is 1.62 bits per heavy atom. The highest BCUT2D eigenvalue weighted by atomic mass is 35.5. The quantitative estimate of drug-likeness (QED) is 0.228. The second-order valence-corrected chi connectivity index (χ2v) is 11.6. The molecule has 6 nitrogen and oxygen atoms in total. The zero-order chi connectivity index (χ0) is 27.9. The number of nitrogens with one attached hydrogen (secondary N) is 1. The van der Waals surface area contributed by atoms with Crippen LogP contribution < -0.4 is 10.5 Å². The maximum atomic E-state index is 6.72. The number of H-pyrrole nitrogens is 1. The number of aromatic nitrogens is 4. The summed E-state index contributed by atoms with van der Waals surface area (Å²) in [6.45, 7) is 1.91. The van der Waals surface area contributed by atoms with Crippen molar-refractivity contribution in [1.82, 2.24) is 20.2 Å². The molecule has 40 heavy (non-hydrogen) atoms. The van der Waals surface area contributed by atoms with E-state index < -0.39 is 0 Å². The lowest BCUT2D eigenvalue weighted by Crippen LogP contribution is -2.23. The molecule has 0 spiro atoms. The van der Waals surface area contributed by atoms with Gasteiger partial charge >= 0.3 is 0 Å². The molecule has 0 radical (unpaired) electrons. The second kappa shape index (κ2) is 13.6. The highest BCUT2D eigenvalue weighted by Crippen LogP contribution is 2.34. The molecule has 1 aromatic carbocycles. The zero-order valence-electron chi connectivity index (χ0n) is 23.0. The summed E-state index contributed by atoms with van der Waals surface area (Å²) in [4.78, 5) is 8.77. The summed E-state index contributed by atoms with van der Waals surface area (Å²) in [5.41, 5.74) is 11.2. The highest BCUT2D eigenvalue weighted by Gasteiger charge is 2.21. The Balaban J connectivity index is 1.27. The van der Waals surface area contributed by atoms with Crippen LogP contribution in [-0.2, 0) is 0 Å². The van der Waals surface area contributed by atoms with Gasteiger partial charge in [-0.05, 0) is 61.6 Å². The van der Waals surface area contributed by atoms with Crippen LogP contribution >= 0.6 is 23.2 Å². The molecule has 0 bridgehead atoms. The van der Waals surface area contributed by atoms with Gasteiger partial charge in [-0.2, -0.15) is 5.10 Å². The molecule has 4 aromatic rings. The van der Waals surface area contributed by atoms with Crippen molar-refractivity contribution in [3.63, 3.8) is 0 Å². The van der Waals surface area contributed by atoms with E-state index in [2.05, 4.69) is 27.3 Å². The maximum Gasteiger partial charge on any atom is 0.124 e. The van der Waals surface area contributed by atoms with Crippen molar-refractivity contribution < 1.29 is 4.74 Å². The van der Waals surface area contributed by atoms with Crippen molar-refractivity contribution in [2.45, 2.75) is 76.9 Å². The standard InChI is InChI=1S/C32H37Cl2N5O/c1-21(31-26(33)19-36-20-27(31)34)40-24-13-16-29-25(17-24)28(38-39-29)14-11-22-12-15-30(37-18-22)32(35)23-9-7-5-3-2-4-6-8-10-23/h11-21,23,32H,2-10,35H2,1H3,(H,38,39)/b14-11+/t21-,32?/m1/s1. The van der Waals surface area contributed by atoms with Gasteiger partial charge in [-0.25, -0.2) is 0 Å². The van der Waals surface area contributed by atoms with Gasteiger partial charge in [0.1, 0.15) is 11.9 Å². The predicted molar refractivity (Wildman–Crippen MR) is 165 cm³/mol. The zero-order valence-corrected chi connectivity index (χ0v) is 24.5. The first kappa shape index (κ1) is 28.6. The van der Waals surface area contributed by atoms with Crippen molar-refractivity contribution in [2.24, 2.45) is 11.7 Å². The Morgan fingerprint density at radius 3 is 2.30 bits per heavy atom. The number of benzene rings is 1. The van der Waals surface area contributed by atoms with Crippen LogP contribution in [-0.4, -0.2) is 20.2 Å². The number of fused-ring (bicyclic) bond motifs is 1. The molecule has 5 rings (SSSR count). The van der Waals surface area contributed by atoms with E-state index in [9.17, 15) is 0 Å². The Morgan fingerprint density at radius 1 is 0.925 bits per heavy atom. The summed E-state index contributed by atoms with van der Waals surface area (Å²) >= 11 is 12.6. The van der Waals surface area contributed by atoms with Crippen molar-refractivity contribution >= 4 is 46.3 Å². The predicted octanol–water partition coefficient (Wildman–Crippen LogP) is 9.11. The largest absolute Gasteiger partial charge is 0.486 e. The Hall–Kier alpha value is -2.93. The lowest BCUT2D eigenvalue weighted by molar-refractivity contribution is 0.227. The Bertz CT molecular complexity index is 1410. The number of nitrogens with zero attached hydrogens (tertiary/aromatic N) is 3. The SMILES string of the molecule is C[C@@H](Oc1ccc2[nH]nc(/C=C/c3ccc(C(N)C4CCCCCCCCC4)nc3)c2c1)c1c(Cl)cncc1Cl. The topological polar surface area (TPSA) is 89.7 Å². The summed E-state index contributed by atoms with van der Waals surface area (Å²) in [6, 6.07) is 9.98. The summed E-state index contributed by atoms with van der Waals surface area (Å²) in [5.74, 6) is 1.20. The molecular formula is C32H37Cl2N5O.